The Hall–Kier alpha value is -2.90. The number of nitriles is 1. The fourth-order valence-electron chi connectivity index (χ4n) is 2.46. The third-order valence-corrected chi connectivity index (χ3v) is 3.54. The van der Waals surface area contributed by atoms with Gasteiger partial charge in [0.2, 0.25) is 0 Å². The van der Waals surface area contributed by atoms with E-state index in [4.69, 9.17) is 5.26 Å². The van der Waals surface area contributed by atoms with Gasteiger partial charge in [-0.15, -0.1) is 0 Å². The molecule has 1 unspecified atom stereocenters. The van der Waals surface area contributed by atoms with Crippen LogP contribution < -0.4 is 5.32 Å². The normalized spacial score (nSPS) is 11.8. The number of nitrogens with zero attached hydrogens (tertiary/aromatic N) is 2. The summed E-state index contributed by atoms with van der Waals surface area (Å²) in [6.45, 7) is -0.0391. The monoisotopic (exact) mass is 289 g/mol. The predicted octanol–water partition coefficient (Wildman–Crippen LogP) is 3.25. The van der Waals surface area contributed by atoms with Crippen LogP contribution in [0.2, 0.25) is 0 Å². The molecule has 2 N–H and O–H groups in total. The Kier molecular flexibility index (Phi) is 3.99. The first-order valence-corrected chi connectivity index (χ1v) is 7.04. The van der Waals surface area contributed by atoms with Gasteiger partial charge in [-0.2, -0.15) is 5.26 Å². The Morgan fingerprint density at radius 2 is 1.82 bits per heavy atom. The number of rotatable bonds is 4. The number of benzene rings is 2. The van der Waals surface area contributed by atoms with Crippen LogP contribution in [0.5, 0.6) is 0 Å². The van der Waals surface area contributed by atoms with Gasteiger partial charge >= 0.3 is 0 Å². The van der Waals surface area contributed by atoms with Crippen LogP contribution in [0.15, 0.2) is 60.7 Å². The van der Waals surface area contributed by atoms with Gasteiger partial charge in [0.15, 0.2) is 0 Å². The number of pyridine rings is 1. The fraction of sp³-hybridized carbons (Fsp3) is 0.111. The Morgan fingerprint density at radius 3 is 2.55 bits per heavy atom. The van der Waals surface area contributed by atoms with Gasteiger partial charge in [-0.1, -0.05) is 48.5 Å². The third kappa shape index (κ3) is 2.76. The first-order valence-electron chi connectivity index (χ1n) is 7.04. The van der Waals surface area contributed by atoms with E-state index in [1.165, 1.54) is 0 Å². The number of nitrogens with one attached hydrogen (secondary N) is 1. The molecule has 0 aliphatic heterocycles. The molecular formula is C18H15N3O. The summed E-state index contributed by atoms with van der Waals surface area (Å²) in [4.78, 5) is 4.30. The maximum Gasteiger partial charge on any atom is 0.143 e. The molecule has 3 aromatic rings. The summed E-state index contributed by atoms with van der Waals surface area (Å²) >= 11 is 0. The van der Waals surface area contributed by atoms with Gasteiger partial charge in [-0.3, -0.25) is 0 Å². The lowest BCUT2D eigenvalue weighted by molar-refractivity contribution is 0.276. The van der Waals surface area contributed by atoms with Gasteiger partial charge in [0.05, 0.1) is 18.2 Å². The number of aromatic nitrogens is 1. The van der Waals surface area contributed by atoms with Crippen LogP contribution in [-0.2, 0) is 0 Å². The van der Waals surface area contributed by atoms with Crippen molar-refractivity contribution in [3.63, 3.8) is 0 Å². The Bertz CT molecular complexity index is 825. The summed E-state index contributed by atoms with van der Waals surface area (Å²) in [5.41, 5.74) is 2.90. The second kappa shape index (κ2) is 6.25. The highest BCUT2D eigenvalue weighted by atomic mass is 16.3. The lowest BCUT2D eigenvalue weighted by atomic mass is 10.1. The van der Waals surface area contributed by atoms with Crippen LogP contribution in [0.1, 0.15) is 17.3 Å². The van der Waals surface area contributed by atoms with Crippen molar-refractivity contribution < 1.29 is 5.11 Å². The number of para-hydroxylation sites is 1. The van der Waals surface area contributed by atoms with E-state index in [0.29, 0.717) is 5.69 Å². The third-order valence-electron chi connectivity index (χ3n) is 3.54. The summed E-state index contributed by atoms with van der Waals surface area (Å²) in [6.07, 6.45) is 0. The van der Waals surface area contributed by atoms with Gasteiger partial charge in [0.25, 0.3) is 0 Å². The molecule has 22 heavy (non-hydrogen) atoms. The number of anilines is 1. The Morgan fingerprint density at radius 1 is 1.09 bits per heavy atom. The predicted molar refractivity (Wildman–Crippen MR) is 86.3 cm³/mol. The molecule has 1 heterocycles. The first-order chi connectivity index (χ1) is 10.8. The summed E-state index contributed by atoms with van der Waals surface area (Å²) in [6, 6.07) is 20.9. The molecular weight excluding hydrogens is 274 g/mol. The van der Waals surface area contributed by atoms with Crippen molar-refractivity contribution in [2.24, 2.45) is 0 Å². The fourth-order valence-corrected chi connectivity index (χ4v) is 2.46. The summed E-state index contributed by atoms with van der Waals surface area (Å²) in [5, 5.41) is 23.1. The van der Waals surface area contributed by atoms with Gasteiger partial charge in [0, 0.05) is 11.1 Å². The molecule has 0 aliphatic rings. The van der Waals surface area contributed by atoms with E-state index in [9.17, 15) is 5.11 Å². The average molecular weight is 289 g/mol. The molecule has 1 atom stereocenters. The molecule has 0 fully saturated rings. The van der Waals surface area contributed by atoms with E-state index in [1.807, 2.05) is 54.6 Å². The highest BCUT2D eigenvalue weighted by molar-refractivity contribution is 5.92. The van der Waals surface area contributed by atoms with Crippen molar-refractivity contribution in [1.82, 2.24) is 4.98 Å². The zero-order chi connectivity index (χ0) is 15.4. The van der Waals surface area contributed by atoms with E-state index >= 15 is 0 Å². The highest BCUT2D eigenvalue weighted by Gasteiger charge is 2.12. The van der Waals surface area contributed by atoms with Crippen molar-refractivity contribution >= 4 is 16.6 Å². The first kappa shape index (κ1) is 14.1. The summed E-state index contributed by atoms with van der Waals surface area (Å²) in [7, 11) is 0. The van der Waals surface area contributed by atoms with E-state index in [1.54, 1.807) is 6.07 Å². The van der Waals surface area contributed by atoms with Crippen LogP contribution in [0.25, 0.3) is 10.9 Å². The maximum absolute atomic E-state index is 9.70. The number of hydrogen-bond acceptors (Lipinski definition) is 4. The van der Waals surface area contributed by atoms with E-state index in [2.05, 4.69) is 16.4 Å². The largest absolute Gasteiger partial charge is 0.394 e. The second-order valence-corrected chi connectivity index (χ2v) is 4.97. The van der Waals surface area contributed by atoms with Crippen molar-refractivity contribution in [3.05, 3.63) is 71.9 Å². The van der Waals surface area contributed by atoms with Crippen molar-refractivity contribution in [3.8, 4) is 6.07 Å². The number of fused-ring (bicyclic) bond motifs is 1. The molecule has 1 aromatic heterocycles. The Balaban J connectivity index is 2.04. The molecule has 4 nitrogen and oxygen atoms in total. The highest BCUT2D eigenvalue weighted by Crippen LogP contribution is 2.27. The average Bonchev–Trinajstić information content (AvgIpc) is 2.60. The van der Waals surface area contributed by atoms with Crippen LogP contribution >= 0.6 is 0 Å². The summed E-state index contributed by atoms with van der Waals surface area (Å²) < 4.78 is 0. The zero-order valence-corrected chi connectivity index (χ0v) is 11.9. The molecule has 108 valence electrons. The smallest absolute Gasteiger partial charge is 0.143 e. The topological polar surface area (TPSA) is 68.9 Å². The molecule has 0 saturated heterocycles. The molecule has 0 aliphatic carbocycles. The SMILES string of the molecule is N#Cc1cc(NC(CO)c2ccccc2)c2ccccc2n1. The minimum atomic E-state index is -0.237. The van der Waals surface area contributed by atoms with Gasteiger partial charge in [-0.25, -0.2) is 4.98 Å². The zero-order valence-electron chi connectivity index (χ0n) is 11.9. The number of aliphatic hydroxyl groups is 1. The summed E-state index contributed by atoms with van der Waals surface area (Å²) in [5.74, 6) is 0. The van der Waals surface area contributed by atoms with Crippen LogP contribution in [0, 0.1) is 11.3 Å². The molecule has 4 heteroatoms. The van der Waals surface area contributed by atoms with Gasteiger partial charge in [-0.05, 0) is 17.7 Å². The van der Waals surface area contributed by atoms with E-state index in [0.717, 1.165) is 22.2 Å². The molecule has 0 bridgehead atoms. The van der Waals surface area contributed by atoms with Crippen LogP contribution in [-0.4, -0.2) is 16.7 Å². The Labute approximate surface area is 128 Å². The maximum atomic E-state index is 9.70. The molecule has 0 saturated carbocycles. The quantitative estimate of drug-likeness (QED) is 0.773. The van der Waals surface area contributed by atoms with Crippen LogP contribution in [0.4, 0.5) is 5.69 Å². The van der Waals surface area contributed by atoms with Gasteiger partial charge < -0.3 is 10.4 Å². The van der Waals surface area contributed by atoms with Crippen molar-refractivity contribution in [2.45, 2.75) is 6.04 Å². The minimum absolute atomic E-state index is 0.0391. The molecule has 0 amide bonds. The number of hydrogen-bond donors (Lipinski definition) is 2. The minimum Gasteiger partial charge on any atom is -0.394 e. The standard InChI is InChI=1S/C18H15N3O/c19-11-14-10-17(15-8-4-5-9-16(15)20-14)21-18(12-22)13-6-2-1-3-7-13/h1-10,18,22H,12H2,(H,20,21). The molecule has 0 spiro atoms. The number of aliphatic hydroxyl groups excluding tert-OH is 1. The lowest BCUT2D eigenvalue weighted by Gasteiger charge is -2.19. The molecule has 0 radical (unpaired) electrons. The van der Waals surface area contributed by atoms with Crippen molar-refractivity contribution in [1.29, 1.82) is 5.26 Å². The molecule has 3 rings (SSSR count). The van der Waals surface area contributed by atoms with Crippen LogP contribution in [0.3, 0.4) is 0 Å². The van der Waals surface area contributed by atoms with E-state index in [-0.39, 0.29) is 12.6 Å². The second-order valence-electron chi connectivity index (χ2n) is 4.97. The van der Waals surface area contributed by atoms with Crippen molar-refractivity contribution in [2.75, 3.05) is 11.9 Å². The lowest BCUT2D eigenvalue weighted by Crippen LogP contribution is -2.15. The van der Waals surface area contributed by atoms with Gasteiger partial charge in [0.1, 0.15) is 11.8 Å². The molecule has 2 aromatic carbocycles. The van der Waals surface area contributed by atoms with E-state index < -0.39 is 0 Å².